The van der Waals surface area contributed by atoms with E-state index >= 15 is 0 Å². The van der Waals surface area contributed by atoms with E-state index in [2.05, 4.69) is 21.0 Å². The molecule has 0 fully saturated rings. The van der Waals surface area contributed by atoms with Crippen molar-refractivity contribution in [3.05, 3.63) is 97.5 Å². The van der Waals surface area contributed by atoms with E-state index < -0.39 is 0 Å². The van der Waals surface area contributed by atoms with Crippen molar-refractivity contribution in [3.63, 3.8) is 0 Å². The third kappa shape index (κ3) is 5.74. The van der Waals surface area contributed by atoms with Crippen molar-refractivity contribution in [2.75, 3.05) is 19.0 Å². The molecule has 0 unspecified atom stereocenters. The molecule has 1 aromatic heterocycles. The van der Waals surface area contributed by atoms with Crippen molar-refractivity contribution < 1.29 is 4.74 Å². The summed E-state index contributed by atoms with van der Waals surface area (Å²) in [5.41, 5.74) is 3.06. The molecule has 0 aliphatic rings. The van der Waals surface area contributed by atoms with Gasteiger partial charge in [-0.2, -0.15) is 9.78 Å². The third-order valence-electron chi connectivity index (χ3n) is 5.52. The molecule has 6 nitrogen and oxygen atoms in total. The molecule has 0 bridgehead atoms. The predicted octanol–water partition coefficient (Wildman–Crippen LogP) is 6.29. The lowest BCUT2D eigenvalue weighted by Crippen LogP contribution is -2.22. The zero-order valence-electron chi connectivity index (χ0n) is 19.8. The summed E-state index contributed by atoms with van der Waals surface area (Å²) in [7, 11) is 3.94. The summed E-state index contributed by atoms with van der Waals surface area (Å²) >= 11 is 9.75. The summed E-state index contributed by atoms with van der Waals surface area (Å²) in [6.45, 7) is 2.36. The highest BCUT2D eigenvalue weighted by Crippen LogP contribution is 2.26. The number of fused-ring (bicyclic) bond motifs is 1. The lowest BCUT2D eigenvalue weighted by atomic mass is 10.2. The Balaban J connectivity index is 1.75. The van der Waals surface area contributed by atoms with Crippen LogP contribution in [0.4, 0.5) is 5.69 Å². The standard InChI is InChI=1S/C27H26BrClN4O2/c1-4-7-26-31-24-13-11-20(28)14-22(24)27(34)33(26)30-16-18-10-12-21(32(2)3)15-25(18)35-17-19-8-5-6-9-23(19)29/h5-6,8-16H,4,7,17H2,1-3H3. The Morgan fingerprint density at radius 1 is 1.14 bits per heavy atom. The number of nitrogens with zero attached hydrogens (tertiary/aromatic N) is 4. The van der Waals surface area contributed by atoms with Gasteiger partial charge in [0.25, 0.3) is 5.56 Å². The number of anilines is 1. The van der Waals surface area contributed by atoms with Crippen molar-refractivity contribution in [2.24, 2.45) is 5.10 Å². The van der Waals surface area contributed by atoms with E-state index in [0.717, 1.165) is 27.7 Å². The average Bonchev–Trinajstić information content (AvgIpc) is 2.84. The predicted molar refractivity (Wildman–Crippen MR) is 147 cm³/mol. The van der Waals surface area contributed by atoms with Crippen LogP contribution in [0.1, 0.15) is 30.3 Å². The second-order valence-corrected chi connectivity index (χ2v) is 9.62. The van der Waals surface area contributed by atoms with Crippen LogP contribution < -0.4 is 15.2 Å². The summed E-state index contributed by atoms with van der Waals surface area (Å²) in [6, 6.07) is 18.9. The smallest absolute Gasteiger partial charge is 0.282 e. The van der Waals surface area contributed by atoms with Gasteiger partial charge in [-0.15, -0.1) is 0 Å². The lowest BCUT2D eigenvalue weighted by molar-refractivity contribution is 0.306. The minimum absolute atomic E-state index is 0.209. The van der Waals surface area contributed by atoms with Crippen LogP contribution in [-0.4, -0.2) is 30.0 Å². The molecular weight excluding hydrogens is 528 g/mol. The van der Waals surface area contributed by atoms with Gasteiger partial charge in [0.1, 0.15) is 18.2 Å². The zero-order valence-corrected chi connectivity index (χ0v) is 22.2. The number of hydrogen-bond acceptors (Lipinski definition) is 5. The Bertz CT molecular complexity index is 1450. The number of ether oxygens (including phenoxy) is 1. The van der Waals surface area contributed by atoms with Gasteiger partial charge in [-0.1, -0.05) is 52.7 Å². The van der Waals surface area contributed by atoms with Gasteiger partial charge in [-0.25, -0.2) is 4.98 Å². The molecule has 0 saturated carbocycles. The molecule has 0 aliphatic heterocycles. The largest absolute Gasteiger partial charge is 0.488 e. The van der Waals surface area contributed by atoms with Crippen LogP contribution in [0.2, 0.25) is 5.02 Å². The van der Waals surface area contributed by atoms with Crippen molar-refractivity contribution in [2.45, 2.75) is 26.4 Å². The van der Waals surface area contributed by atoms with E-state index in [1.807, 2.05) is 80.5 Å². The minimum atomic E-state index is -0.209. The van der Waals surface area contributed by atoms with Gasteiger partial charge in [0.2, 0.25) is 0 Å². The zero-order chi connectivity index (χ0) is 24.9. The van der Waals surface area contributed by atoms with Gasteiger partial charge in [-0.05, 0) is 42.8 Å². The maximum Gasteiger partial charge on any atom is 0.282 e. The second-order valence-electron chi connectivity index (χ2n) is 8.30. The molecule has 4 rings (SSSR count). The first-order valence-electron chi connectivity index (χ1n) is 11.3. The van der Waals surface area contributed by atoms with E-state index in [9.17, 15) is 4.79 Å². The van der Waals surface area contributed by atoms with Crippen molar-refractivity contribution in [3.8, 4) is 5.75 Å². The number of aromatic nitrogens is 2. The molecule has 0 atom stereocenters. The topological polar surface area (TPSA) is 59.7 Å². The highest BCUT2D eigenvalue weighted by molar-refractivity contribution is 9.10. The van der Waals surface area contributed by atoms with Crippen LogP contribution in [0, 0.1) is 0 Å². The van der Waals surface area contributed by atoms with Crippen LogP contribution >= 0.6 is 27.5 Å². The van der Waals surface area contributed by atoms with Gasteiger partial charge in [-0.3, -0.25) is 4.79 Å². The van der Waals surface area contributed by atoms with Crippen LogP contribution in [0.15, 0.2) is 75.0 Å². The normalized spacial score (nSPS) is 11.3. The Morgan fingerprint density at radius 3 is 2.69 bits per heavy atom. The Kier molecular flexibility index (Phi) is 7.88. The number of halogens is 2. The van der Waals surface area contributed by atoms with Crippen molar-refractivity contribution in [1.82, 2.24) is 9.66 Å². The summed E-state index contributed by atoms with van der Waals surface area (Å²) in [5, 5.41) is 5.72. The SMILES string of the molecule is CCCc1nc2ccc(Br)cc2c(=O)n1N=Cc1ccc(N(C)C)cc1OCc1ccccc1Cl. The molecule has 180 valence electrons. The van der Waals surface area contributed by atoms with Crippen LogP contribution in [0.25, 0.3) is 10.9 Å². The van der Waals surface area contributed by atoms with Gasteiger partial charge < -0.3 is 9.64 Å². The molecule has 8 heteroatoms. The number of aryl methyl sites for hydroxylation is 1. The molecule has 1 heterocycles. The van der Waals surface area contributed by atoms with E-state index in [0.29, 0.717) is 40.5 Å². The maximum absolute atomic E-state index is 13.3. The lowest BCUT2D eigenvalue weighted by Gasteiger charge is -2.16. The molecule has 0 amide bonds. The number of hydrogen-bond donors (Lipinski definition) is 0. The number of rotatable bonds is 8. The molecule has 0 aliphatic carbocycles. The monoisotopic (exact) mass is 552 g/mol. The Hall–Kier alpha value is -3.16. The fraction of sp³-hybridized carbons (Fsp3) is 0.222. The molecule has 35 heavy (non-hydrogen) atoms. The first-order valence-corrected chi connectivity index (χ1v) is 12.5. The van der Waals surface area contributed by atoms with E-state index in [-0.39, 0.29) is 5.56 Å². The fourth-order valence-electron chi connectivity index (χ4n) is 3.62. The minimum Gasteiger partial charge on any atom is -0.488 e. The van der Waals surface area contributed by atoms with Gasteiger partial charge >= 0.3 is 0 Å². The third-order valence-corrected chi connectivity index (χ3v) is 6.38. The van der Waals surface area contributed by atoms with Gasteiger partial charge in [0, 0.05) is 52.9 Å². The van der Waals surface area contributed by atoms with E-state index in [4.69, 9.17) is 21.3 Å². The van der Waals surface area contributed by atoms with E-state index in [1.54, 1.807) is 12.3 Å². The molecular formula is C27H26BrClN4O2. The Labute approximate surface area is 218 Å². The van der Waals surface area contributed by atoms with Gasteiger partial charge in [0.15, 0.2) is 0 Å². The van der Waals surface area contributed by atoms with Gasteiger partial charge in [0.05, 0.1) is 17.1 Å². The number of benzene rings is 3. The summed E-state index contributed by atoms with van der Waals surface area (Å²) < 4.78 is 8.37. The second kappa shape index (κ2) is 11.1. The van der Waals surface area contributed by atoms with E-state index in [1.165, 1.54) is 4.68 Å². The highest BCUT2D eigenvalue weighted by atomic mass is 79.9. The molecule has 0 saturated heterocycles. The summed E-state index contributed by atoms with van der Waals surface area (Å²) in [4.78, 5) is 20.0. The van der Waals surface area contributed by atoms with Crippen molar-refractivity contribution in [1.29, 1.82) is 0 Å². The summed E-state index contributed by atoms with van der Waals surface area (Å²) in [5.74, 6) is 1.26. The average molecular weight is 554 g/mol. The van der Waals surface area contributed by atoms with Crippen LogP contribution in [0.3, 0.4) is 0 Å². The first kappa shape index (κ1) is 24.9. The highest BCUT2D eigenvalue weighted by Gasteiger charge is 2.12. The molecule has 0 radical (unpaired) electrons. The van der Waals surface area contributed by atoms with Crippen LogP contribution in [-0.2, 0) is 13.0 Å². The van der Waals surface area contributed by atoms with Crippen LogP contribution in [0.5, 0.6) is 5.75 Å². The van der Waals surface area contributed by atoms with Crippen molar-refractivity contribution >= 4 is 50.3 Å². The molecule has 0 N–H and O–H groups in total. The first-order chi connectivity index (χ1) is 16.9. The molecule has 3 aromatic carbocycles. The molecule has 0 spiro atoms. The molecule has 4 aromatic rings. The quantitative estimate of drug-likeness (QED) is 0.241. The fourth-order valence-corrected chi connectivity index (χ4v) is 4.17. The summed E-state index contributed by atoms with van der Waals surface area (Å²) in [6.07, 6.45) is 3.12. The maximum atomic E-state index is 13.3. The Morgan fingerprint density at radius 2 is 1.94 bits per heavy atom.